The largest absolute Gasteiger partial charge is 0.299 e. The number of H-pyrrole nitrogens is 2. The van der Waals surface area contributed by atoms with E-state index in [1.165, 1.54) is 6.07 Å². The molecule has 1 aliphatic heterocycles. The minimum atomic E-state index is -0.429. The van der Waals surface area contributed by atoms with Crippen LogP contribution in [0.5, 0.6) is 0 Å². The highest BCUT2D eigenvalue weighted by Gasteiger charge is 2.44. The summed E-state index contributed by atoms with van der Waals surface area (Å²) in [7, 11) is 0. The van der Waals surface area contributed by atoms with E-state index in [4.69, 9.17) is 0 Å². The van der Waals surface area contributed by atoms with Crippen molar-refractivity contribution in [2.45, 2.75) is 18.8 Å². The second-order valence-electron chi connectivity index (χ2n) is 5.54. The van der Waals surface area contributed by atoms with Gasteiger partial charge in [-0.15, -0.1) is 0 Å². The van der Waals surface area contributed by atoms with Crippen molar-refractivity contribution < 1.29 is 9.18 Å². The Morgan fingerprint density at radius 2 is 2.00 bits per heavy atom. The Morgan fingerprint density at radius 1 is 1.18 bits per heavy atom. The van der Waals surface area contributed by atoms with Crippen LogP contribution in [0.25, 0.3) is 0 Å². The Morgan fingerprint density at radius 3 is 2.77 bits per heavy atom. The second-order valence-corrected chi connectivity index (χ2v) is 6.39. The van der Waals surface area contributed by atoms with Gasteiger partial charge in [0.05, 0.1) is 16.0 Å². The van der Waals surface area contributed by atoms with Gasteiger partial charge < -0.3 is 0 Å². The monoisotopic (exact) mass is 363 g/mol. The number of nitrogens with one attached hydrogen (secondary N) is 2. The first-order valence-electron chi connectivity index (χ1n) is 6.92. The molecule has 22 heavy (non-hydrogen) atoms. The molecule has 4 rings (SSSR count). The Kier molecular flexibility index (Phi) is 2.94. The highest BCUT2D eigenvalue weighted by molar-refractivity contribution is 9.10. The molecule has 7 heteroatoms. The minimum absolute atomic E-state index is 0.0791. The van der Waals surface area contributed by atoms with Gasteiger partial charge in [-0.05, 0) is 40.0 Å². The average Bonchev–Trinajstić information content (AvgIpc) is 3.05. The third-order valence-electron chi connectivity index (χ3n) is 4.33. The van der Waals surface area contributed by atoms with E-state index in [-0.39, 0.29) is 17.2 Å². The molecule has 2 unspecified atom stereocenters. The molecular formula is C15H11BrFN3O2. The Bertz CT molecular complexity index is 883. The summed E-state index contributed by atoms with van der Waals surface area (Å²) in [5.41, 5.74) is 1.68. The summed E-state index contributed by atoms with van der Waals surface area (Å²) in [5, 5.41) is 5.28. The topological polar surface area (TPSA) is 78.1 Å². The van der Waals surface area contributed by atoms with E-state index >= 15 is 0 Å². The number of hydrogen-bond acceptors (Lipinski definition) is 3. The smallest absolute Gasteiger partial charge is 0.270 e. The first-order valence-corrected chi connectivity index (χ1v) is 7.71. The molecule has 0 saturated heterocycles. The summed E-state index contributed by atoms with van der Waals surface area (Å²) in [6, 6.07) is 4.59. The third-order valence-corrected chi connectivity index (χ3v) is 4.94. The van der Waals surface area contributed by atoms with Crippen LogP contribution in [-0.2, 0) is 4.79 Å². The summed E-state index contributed by atoms with van der Waals surface area (Å²) in [6.45, 7) is 0. The molecule has 1 aromatic carbocycles. The standard InChI is InChI=1S/C15H11BrFN3O2/c16-7-5-6(1-2-8(7)17)11-12-9(3-4-10(12)21)18-14-13(11)15(22)20-19-14/h1-2,5,11-12H,3-4H2,(H2,19,20,22). The maximum absolute atomic E-state index is 13.5. The number of nitrogens with zero attached hydrogens (tertiary/aromatic N) is 1. The lowest BCUT2D eigenvalue weighted by atomic mass is 9.78. The van der Waals surface area contributed by atoms with Crippen LogP contribution in [0.1, 0.15) is 29.9 Å². The fourth-order valence-electron chi connectivity index (χ4n) is 3.36. The fraction of sp³-hybridized carbons (Fsp3) is 0.267. The van der Waals surface area contributed by atoms with Crippen LogP contribution in [-0.4, -0.2) is 21.7 Å². The molecule has 0 bridgehead atoms. The zero-order chi connectivity index (χ0) is 15.4. The van der Waals surface area contributed by atoms with E-state index in [0.717, 1.165) is 11.3 Å². The Labute approximate surface area is 132 Å². The van der Waals surface area contributed by atoms with Gasteiger partial charge in [0.25, 0.3) is 5.56 Å². The number of carbonyl (C=O) groups excluding carboxylic acids is 1. The maximum Gasteiger partial charge on any atom is 0.270 e. The van der Waals surface area contributed by atoms with Gasteiger partial charge in [0, 0.05) is 18.1 Å². The van der Waals surface area contributed by atoms with Crippen molar-refractivity contribution in [1.29, 1.82) is 0 Å². The zero-order valence-electron chi connectivity index (χ0n) is 11.3. The zero-order valence-corrected chi connectivity index (χ0v) is 12.9. The van der Waals surface area contributed by atoms with Crippen LogP contribution in [0.3, 0.4) is 0 Å². The van der Waals surface area contributed by atoms with Gasteiger partial charge in [0.1, 0.15) is 11.6 Å². The molecule has 2 aromatic rings. The first kappa shape index (κ1) is 13.6. The third kappa shape index (κ3) is 1.85. The van der Waals surface area contributed by atoms with Gasteiger partial charge in [-0.2, -0.15) is 0 Å². The first-order chi connectivity index (χ1) is 10.6. The highest BCUT2D eigenvalue weighted by atomic mass is 79.9. The van der Waals surface area contributed by atoms with Crippen LogP contribution in [0.2, 0.25) is 0 Å². The molecule has 2 aliphatic rings. The van der Waals surface area contributed by atoms with Gasteiger partial charge >= 0.3 is 0 Å². The maximum atomic E-state index is 13.5. The molecule has 1 aromatic heterocycles. The van der Waals surface area contributed by atoms with E-state index < -0.39 is 11.8 Å². The number of benzene rings is 1. The van der Waals surface area contributed by atoms with E-state index in [9.17, 15) is 14.0 Å². The number of aliphatic imine (C=N–C) groups is 1. The lowest BCUT2D eigenvalue weighted by Crippen LogP contribution is -2.29. The number of carbonyl (C=O) groups is 1. The Balaban J connectivity index is 1.96. The second kappa shape index (κ2) is 4.74. The molecule has 0 radical (unpaired) electrons. The van der Waals surface area contributed by atoms with Crippen LogP contribution >= 0.6 is 15.9 Å². The van der Waals surface area contributed by atoms with Crippen LogP contribution in [0.15, 0.2) is 32.5 Å². The van der Waals surface area contributed by atoms with Crippen molar-refractivity contribution in [2.75, 3.05) is 0 Å². The van der Waals surface area contributed by atoms with Crippen molar-refractivity contribution in [3.05, 3.63) is 50.0 Å². The number of rotatable bonds is 1. The molecular weight excluding hydrogens is 353 g/mol. The highest BCUT2D eigenvalue weighted by Crippen LogP contribution is 2.44. The van der Waals surface area contributed by atoms with Gasteiger partial charge in [0.15, 0.2) is 5.82 Å². The lowest BCUT2D eigenvalue weighted by Gasteiger charge is -2.26. The van der Waals surface area contributed by atoms with Crippen molar-refractivity contribution in [3.8, 4) is 0 Å². The SMILES string of the molecule is O=C1CCC2=Nc3[nH][nH]c(=O)c3C(c3ccc(F)c(Br)c3)C12. The van der Waals surface area contributed by atoms with E-state index in [1.54, 1.807) is 12.1 Å². The van der Waals surface area contributed by atoms with E-state index in [1.807, 2.05) is 0 Å². The summed E-state index contributed by atoms with van der Waals surface area (Å²) in [6.07, 6.45) is 1.04. The molecule has 0 spiro atoms. The molecule has 112 valence electrons. The Hall–Kier alpha value is -2.02. The van der Waals surface area contributed by atoms with Gasteiger partial charge in [0.2, 0.25) is 0 Å². The quantitative estimate of drug-likeness (QED) is 0.816. The van der Waals surface area contributed by atoms with Crippen molar-refractivity contribution in [1.82, 2.24) is 10.2 Å². The van der Waals surface area contributed by atoms with Crippen molar-refractivity contribution in [2.24, 2.45) is 10.9 Å². The summed E-state index contributed by atoms with van der Waals surface area (Å²) >= 11 is 3.17. The normalized spacial score (nSPS) is 23.2. The number of hydrogen-bond donors (Lipinski definition) is 2. The van der Waals surface area contributed by atoms with E-state index in [0.29, 0.717) is 28.7 Å². The van der Waals surface area contributed by atoms with Crippen LogP contribution in [0.4, 0.5) is 10.2 Å². The minimum Gasteiger partial charge on any atom is -0.299 e. The number of aromatic nitrogens is 2. The molecule has 0 amide bonds. The number of halogens is 2. The number of fused-ring (bicyclic) bond motifs is 2. The number of Topliss-reactive ketones (excluding diaryl/α,β-unsaturated/α-hetero) is 1. The molecule has 2 atom stereocenters. The van der Waals surface area contributed by atoms with Crippen LogP contribution < -0.4 is 5.56 Å². The van der Waals surface area contributed by atoms with Gasteiger partial charge in [-0.25, -0.2) is 9.38 Å². The van der Waals surface area contributed by atoms with Crippen LogP contribution in [0, 0.1) is 11.7 Å². The predicted octanol–water partition coefficient (Wildman–Crippen LogP) is 2.80. The van der Waals surface area contributed by atoms with Crippen molar-refractivity contribution in [3.63, 3.8) is 0 Å². The van der Waals surface area contributed by atoms with Gasteiger partial charge in [-0.1, -0.05) is 6.07 Å². The average molecular weight is 364 g/mol. The molecule has 2 heterocycles. The summed E-state index contributed by atoms with van der Waals surface area (Å²) < 4.78 is 13.8. The molecule has 1 saturated carbocycles. The summed E-state index contributed by atoms with van der Waals surface area (Å²) in [4.78, 5) is 28.9. The van der Waals surface area contributed by atoms with Gasteiger partial charge in [-0.3, -0.25) is 19.8 Å². The predicted molar refractivity (Wildman–Crippen MR) is 82.2 cm³/mol. The summed E-state index contributed by atoms with van der Waals surface area (Å²) in [5.74, 6) is -0.688. The molecule has 1 fully saturated rings. The lowest BCUT2D eigenvalue weighted by molar-refractivity contribution is -0.120. The number of ketones is 1. The molecule has 5 nitrogen and oxygen atoms in total. The molecule has 2 N–H and O–H groups in total. The van der Waals surface area contributed by atoms with Crippen molar-refractivity contribution >= 4 is 33.2 Å². The fourth-order valence-corrected chi connectivity index (χ4v) is 3.76. The molecule has 1 aliphatic carbocycles. The number of aromatic amines is 2. The van der Waals surface area contributed by atoms with E-state index in [2.05, 4.69) is 31.1 Å².